The Balaban J connectivity index is 0.00000312. The van der Waals surface area contributed by atoms with Gasteiger partial charge in [-0.3, -0.25) is 4.99 Å². The first-order valence-electron chi connectivity index (χ1n) is 8.50. The summed E-state index contributed by atoms with van der Waals surface area (Å²) in [7, 11) is 1.76. The van der Waals surface area contributed by atoms with E-state index in [0.717, 1.165) is 49.9 Å². The van der Waals surface area contributed by atoms with Crippen LogP contribution in [0.5, 0.6) is 0 Å². The lowest BCUT2D eigenvalue weighted by molar-refractivity contribution is 0.0782. The molecule has 0 radical (unpaired) electrons. The summed E-state index contributed by atoms with van der Waals surface area (Å²) in [6, 6.07) is 5.31. The van der Waals surface area contributed by atoms with E-state index in [1.807, 2.05) is 17.8 Å². The van der Waals surface area contributed by atoms with Crippen molar-refractivity contribution >= 4 is 41.7 Å². The largest absolute Gasteiger partial charge is 0.381 e. The normalized spacial score (nSPS) is 16.9. The van der Waals surface area contributed by atoms with E-state index in [9.17, 15) is 4.39 Å². The Kier molecular flexibility index (Phi) is 10.1. The summed E-state index contributed by atoms with van der Waals surface area (Å²) in [5.74, 6) is 1.67. The van der Waals surface area contributed by atoms with Gasteiger partial charge >= 0.3 is 0 Å². The third-order valence-corrected chi connectivity index (χ3v) is 5.81. The highest BCUT2D eigenvalue weighted by Gasteiger charge is 2.32. The predicted molar refractivity (Wildman–Crippen MR) is 116 cm³/mol. The van der Waals surface area contributed by atoms with Crippen molar-refractivity contribution in [2.24, 2.45) is 4.99 Å². The number of guanidine groups is 1. The Bertz CT molecular complexity index is 560. The maximum atomic E-state index is 13.6. The van der Waals surface area contributed by atoms with Crippen molar-refractivity contribution in [2.75, 3.05) is 32.6 Å². The van der Waals surface area contributed by atoms with Crippen molar-refractivity contribution in [3.05, 3.63) is 35.1 Å². The third-order valence-electron chi connectivity index (χ3n) is 4.35. The molecule has 0 aromatic heterocycles. The zero-order valence-electron chi connectivity index (χ0n) is 15.2. The molecule has 0 unspecified atom stereocenters. The van der Waals surface area contributed by atoms with Crippen LogP contribution in [0.3, 0.4) is 0 Å². The molecule has 2 rings (SSSR count). The van der Waals surface area contributed by atoms with Gasteiger partial charge in [0, 0.05) is 38.1 Å². The second-order valence-electron chi connectivity index (χ2n) is 6.09. The van der Waals surface area contributed by atoms with E-state index in [1.54, 1.807) is 26.1 Å². The van der Waals surface area contributed by atoms with Crippen LogP contribution in [0.1, 0.15) is 30.9 Å². The highest BCUT2D eigenvalue weighted by Crippen LogP contribution is 2.34. The van der Waals surface area contributed by atoms with Crippen molar-refractivity contribution in [2.45, 2.75) is 38.0 Å². The number of aryl methyl sites for hydroxylation is 1. The number of rotatable bonds is 6. The van der Waals surface area contributed by atoms with Crippen LogP contribution in [0.2, 0.25) is 0 Å². The summed E-state index contributed by atoms with van der Waals surface area (Å²) in [4.78, 5) is 4.28. The average molecular weight is 481 g/mol. The lowest BCUT2D eigenvalue weighted by Gasteiger charge is -2.37. The van der Waals surface area contributed by atoms with Gasteiger partial charge in [0.15, 0.2) is 5.96 Å². The first-order valence-corrected chi connectivity index (χ1v) is 9.48. The van der Waals surface area contributed by atoms with Crippen LogP contribution in [0, 0.1) is 12.7 Å². The molecule has 25 heavy (non-hydrogen) atoms. The van der Waals surface area contributed by atoms with Crippen LogP contribution in [0.4, 0.5) is 4.39 Å². The summed E-state index contributed by atoms with van der Waals surface area (Å²) in [6.07, 6.45) is 2.11. The lowest BCUT2D eigenvalue weighted by Crippen LogP contribution is -2.48. The van der Waals surface area contributed by atoms with Gasteiger partial charge in [-0.15, -0.1) is 24.0 Å². The van der Waals surface area contributed by atoms with Gasteiger partial charge in [-0.2, -0.15) is 11.8 Å². The van der Waals surface area contributed by atoms with E-state index in [0.29, 0.717) is 12.1 Å². The van der Waals surface area contributed by atoms with Gasteiger partial charge < -0.3 is 15.4 Å². The Morgan fingerprint density at radius 3 is 2.64 bits per heavy atom. The van der Waals surface area contributed by atoms with Crippen LogP contribution in [0.15, 0.2) is 23.2 Å². The lowest BCUT2D eigenvalue weighted by atomic mass is 9.99. The number of benzene rings is 1. The molecule has 0 atom stereocenters. The Labute approximate surface area is 171 Å². The van der Waals surface area contributed by atoms with Crippen LogP contribution >= 0.6 is 35.7 Å². The summed E-state index contributed by atoms with van der Waals surface area (Å²) >= 11 is 2.00. The maximum Gasteiger partial charge on any atom is 0.191 e. The monoisotopic (exact) mass is 481 g/mol. The number of nitrogens with zero attached hydrogens (tertiary/aromatic N) is 1. The molecule has 2 N–H and O–H groups in total. The van der Waals surface area contributed by atoms with E-state index in [-0.39, 0.29) is 34.5 Å². The third kappa shape index (κ3) is 6.94. The molecule has 1 saturated heterocycles. The molecule has 1 heterocycles. The molecule has 0 amide bonds. The molecule has 1 fully saturated rings. The molecule has 0 saturated carbocycles. The number of halogens is 2. The molecule has 1 aromatic carbocycles. The Morgan fingerprint density at radius 2 is 2.04 bits per heavy atom. The van der Waals surface area contributed by atoms with Gasteiger partial charge in [-0.1, -0.05) is 19.1 Å². The zero-order chi connectivity index (χ0) is 17.4. The fourth-order valence-corrected chi connectivity index (χ4v) is 4.06. The minimum atomic E-state index is -0.169. The molecule has 0 aliphatic carbocycles. The Hall–Kier alpha value is -0.540. The van der Waals surface area contributed by atoms with Crippen molar-refractivity contribution < 1.29 is 9.13 Å². The van der Waals surface area contributed by atoms with Gasteiger partial charge in [0.2, 0.25) is 0 Å². The van der Waals surface area contributed by atoms with Crippen LogP contribution < -0.4 is 10.6 Å². The molecular weight excluding hydrogens is 452 g/mol. The fraction of sp³-hybridized carbons (Fsp3) is 0.611. The molecular formula is C18H29FIN3OS. The molecule has 1 aromatic rings. The van der Waals surface area contributed by atoms with Gasteiger partial charge in [-0.05, 0) is 42.7 Å². The van der Waals surface area contributed by atoms with Crippen LogP contribution in [-0.2, 0) is 11.3 Å². The van der Waals surface area contributed by atoms with Crippen molar-refractivity contribution in [3.63, 3.8) is 0 Å². The van der Waals surface area contributed by atoms with E-state index in [4.69, 9.17) is 4.74 Å². The maximum absolute atomic E-state index is 13.6. The molecule has 7 heteroatoms. The van der Waals surface area contributed by atoms with Gasteiger partial charge in [0.1, 0.15) is 5.82 Å². The minimum Gasteiger partial charge on any atom is -0.381 e. The average Bonchev–Trinajstić information content (AvgIpc) is 2.59. The zero-order valence-corrected chi connectivity index (χ0v) is 18.4. The highest BCUT2D eigenvalue weighted by atomic mass is 127. The smallest absolute Gasteiger partial charge is 0.191 e. The summed E-state index contributed by atoms with van der Waals surface area (Å²) in [5, 5.41) is 6.69. The molecule has 0 bridgehead atoms. The quantitative estimate of drug-likeness (QED) is 0.370. The molecule has 1 aliphatic rings. The summed E-state index contributed by atoms with van der Waals surface area (Å²) < 4.78 is 19.3. The molecule has 1 aliphatic heterocycles. The van der Waals surface area contributed by atoms with Gasteiger partial charge in [0.05, 0.1) is 0 Å². The van der Waals surface area contributed by atoms with E-state index in [1.165, 1.54) is 0 Å². The van der Waals surface area contributed by atoms with Crippen LogP contribution in [-0.4, -0.2) is 43.3 Å². The van der Waals surface area contributed by atoms with Gasteiger partial charge in [0.25, 0.3) is 0 Å². The second kappa shape index (κ2) is 11.2. The van der Waals surface area contributed by atoms with E-state index in [2.05, 4.69) is 22.5 Å². The topological polar surface area (TPSA) is 45.7 Å². The SMILES string of the molecule is CCSC1(CNC(=NC)NCc2ccc(C)c(F)c2)CCOCC1.I. The number of hydrogen-bond acceptors (Lipinski definition) is 3. The number of nitrogens with one attached hydrogen (secondary N) is 2. The number of thioether (sulfide) groups is 1. The standard InChI is InChI=1S/C18H28FN3OS.HI/c1-4-24-18(7-9-23-10-8-18)13-22-17(20-3)21-12-15-6-5-14(2)16(19)11-15;/h5-6,11H,4,7-10,12-13H2,1-3H3,(H2,20,21,22);1H. The van der Waals surface area contributed by atoms with Crippen molar-refractivity contribution in [3.8, 4) is 0 Å². The summed E-state index contributed by atoms with van der Waals surface area (Å²) in [5.41, 5.74) is 1.57. The number of ether oxygens (including phenoxy) is 1. The highest BCUT2D eigenvalue weighted by molar-refractivity contribution is 14.0. The van der Waals surface area contributed by atoms with Crippen molar-refractivity contribution in [1.82, 2.24) is 10.6 Å². The molecule has 0 spiro atoms. The summed E-state index contributed by atoms with van der Waals surface area (Å²) in [6.45, 7) is 7.02. The van der Waals surface area contributed by atoms with Gasteiger partial charge in [-0.25, -0.2) is 4.39 Å². The molecule has 4 nitrogen and oxygen atoms in total. The predicted octanol–water partition coefficient (Wildman–Crippen LogP) is 3.72. The molecule has 142 valence electrons. The second-order valence-corrected chi connectivity index (χ2v) is 7.82. The van der Waals surface area contributed by atoms with Crippen LogP contribution in [0.25, 0.3) is 0 Å². The van der Waals surface area contributed by atoms with E-state index >= 15 is 0 Å². The fourth-order valence-electron chi connectivity index (χ4n) is 2.82. The number of hydrogen-bond donors (Lipinski definition) is 2. The van der Waals surface area contributed by atoms with Crippen molar-refractivity contribution in [1.29, 1.82) is 0 Å². The minimum absolute atomic E-state index is 0. The van der Waals surface area contributed by atoms with E-state index < -0.39 is 0 Å². The Morgan fingerprint density at radius 1 is 1.32 bits per heavy atom. The number of aliphatic imine (C=N–C) groups is 1. The first-order chi connectivity index (χ1) is 11.6. The first kappa shape index (κ1) is 22.5.